The van der Waals surface area contributed by atoms with Crippen LogP contribution in [0.4, 0.5) is 13.2 Å². The van der Waals surface area contributed by atoms with E-state index in [2.05, 4.69) is 15.2 Å². The molecule has 0 bridgehead atoms. The van der Waals surface area contributed by atoms with E-state index in [4.69, 9.17) is 0 Å². The molecule has 0 amide bonds. The molecule has 3 heterocycles. The average Bonchev–Trinajstić information content (AvgIpc) is 3.07. The largest absolute Gasteiger partial charge is 0.390 e. The number of fused-ring (bicyclic) bond motifs is 1. The van der Waals surface area contributed by atoms with Gasteiger partial charge in [-0.05, 0) is 6.07 Å². The van der Waals surface area contributed by atoms with Gasteiger partial charge in [0.25, 0.3) is 5.56 Å². The predicted molar refractivity (Wildman–Crippen MR) is 96.6 cm³/mol. The summed E-state index contributed by atoms with van der Waals surface area (Å²) in [5.41, 5.74) is 2.40. The molecule has 0 aliphatic rings. The van der Waals surface area contributed by atoms with Crippen LogP contribution in [0.2, 0.25) is 0 Å². The second-order valence-corrected chi connectivity index (χ2v) is 6.14. The van der Waals surface area contributed by atoms with E-state index >= 15 is 0 Å². The van der Waals surface area contributed by atoms with Gasteiger partial charge in [-0.25, -0.2) is 9.20 Å². The zero-order valence-corrected chi connectivity index (χ0v) is 14.5. The van der Waals surface area contributed by atoms with Gasteiger partial charge in [0.1, 0.15) is 5.69 Å². The molecule has 4 rings (SSSR count). The maximum Gasteiger partial charge on any atom is 0.390 e. The van der Waals surface area contributed by atoms with Gasteiger partial charge in [0.05, 0.1) is 35.9 Å². The van der Waals surface area contributed by atoms with E-state index in [0.717, 1.165) is 10.2 Å². The molecule has 0 unspecified atom stereocenters. The second-order valence-electron chi connectivity index (χ2n) is 6.14. The summed E-state index contributed by atoms with van der Waals surface area (Å²) in [5, 5.41) is 8.74. The van der Waals surface area contributed by atoms with Crippen molar-refractivity contribution >= 4 is 5.52 Å². The van der Waals surface area contributed by atoms with Crippen molar-refractivity contribution in [3.8, 4) is 22.5 Å². The van der Waals surface area contributed by atoms with Crippen LogP contribution >= 0.6 is 0 Å². The number of hydrogen-bond acceptors (Lipinski definition) is 4. The summed E-state index contributed by atoms with van der Waals surface area (Å²) < 4.78 is 40.2. The highest BCUT2D eigenvalue weighted by atomic mass is 19.4. The van der Waals surface area contributed by atoms with Crippen molar-refractivity contribution in [2.75, 3.05) is 0 Å². The Morgan fingerprint density at radius 2 is 1.79 bits per heavy atom. The first-order valence-electron chi connectivity index (χ1n) is 8.45. The van der Waals surface area contributed by atoms with E-state index < -0.39 is 24.7 Å². The molecule has 0 fully saturated rings. The SMILES string of the molecule is O=c1ccc(-c2c(-c3ccccc3)nn3ccncc23)nn1CCC(F)(F)F. The van der Waals surface area contributed by atoms with Crippen LogP contribution < -0.4 is 5.56 Å². The smallest absolute Gasteiger partial charge is 0.268 e. The molecular weight excluding hydrogens is 371 g/mol. The van der Waals surface area contributed by atoms with Crippen molar-refractivity contribution in [1.82, 2.24) is 24.4 Å². The number of halogens is 3. The summed E-state index contributed by atoms with van der Waals surface area (Å²) in [4.78, 5) is 16.1. The molecular formula is C19H14F3N5O. The summed E-state index contributed by atoms with van der Waals surface area (Å²) >= 11 is 0. The first-order chi connectivity index (χ1) is 13.4. The summed E-state index contributed by atoms with van der Waals surface area (Å²) in [5.74, 6) is 0. The van der Waals surface area contributed by atoms with E-state index in [9.17, 15) is 18.0 Å². The molecule has 0 spiro atoms. The molecule has 0 aliphatic carbocycles. The van der Waals surface area contributed by atoms with Crippen molar-refractivity contribution in [3.63, 3.8) is 0 Å². The molecule has 9 heteroatoms. The quantitative estimate of drug-likeness (QED) is 0.539. The Morgan fingerprint density at radius 1 is 1.00 bits per heavy atom. The van der Waals surface area contributed by atoms with Crippen LogP contribution in [0.25, 0.3) is 28.0 Å². The maximum atomic E-state index is 12.6. The van der Waals surface area contributed by atoms with Crippen LogP contribution in [-0.2, 0) is 6.54 Å². The average molecular weight is 385 g/mol. The minimum Gasteiger partial charge on any atom is -0.268 e. The lowest BCUT2D eigenvalue weighted by Crippen LogP contribution is -2.25. The topological polar surface area (TPSA) is 65.1 Å². The number of hydrogen-bond donors (Lipinski definition) is 0. The van der Waals surface area contributed by atoms with Gasteiger partial charge in [0.15, 0.2) is 0 Å². The van der Waals surface area contributed by atoms with E-state index in [1.807, 2.05) is 30.3 Å². The summed E-state index contributed by atoms with van der Waals surface area (Å²) in [6.07, 6.45) is -0.658. The van der Waals surface area contributed by atoms with Crippen molar-refractivity contribution < 1.29 is 13.2 Å². The summed E-state index contributed by atoms with van der Waals surface area (Å²) in [7, 11) is 0. The van der Waals surface area contributed by atoms with Crippen LogP contribution in [0.5, 0.6) is 0 Å². The number of rotatable bonds is 4. The standard InChI is InChI=1S/C19H14F3N5O/c20-19(21,22)8-10-27-16(28)7-6-14(24-27)17-15-12-23-9-11-26(15)25-18(17)13-4-2-1-3-5-13/h1-7,9,11-12H,8,10H2. The molecule has 1 aromatic carbocycles. The highest BCUT2D eigenvalue weighted by Crippen LogP contribution is 2.33. The van der Waals surface area contributed by atoms with E-state index in [0.29, 0.717) is 22.5 Å². The Balaban J connectivity index is 1.88. The summed E-state index contributed by atoms with van der Waals surface area (Å²) in [6, 6.07) is 12.0. The van der Waals surface area contributed by atoms with Crippen LogP contribution in [0.3, 0.4) is 0 Å². The van der Waals surface area contributed by atoms with Crippen LogP contribution in [0.15, 0.2) is 65.8 Å². The third-order valence-corrected chi connectivity index (χ3v) is 4.22. The van der Waals surface area contributed by atoms with Gasteiger partial charge in [-0.2, -0.15) is 23.4 Å². The fourth-order valence-corrected chi connectivity index (χ4v) is 2.93. The summed E-state index contributed by atoms with van der Waals surface area (Å²) in [6.45, 7) is -0.547. The maximum absolute atomic E-state index is 12.6. The Bertz CT molecular complexity index is 1180. The molecule has 6 nitrogen and oxygen atoms in total. The molecule has 3 aromatic heterocycles. The highest BCUT2D eigenvalue weighted by Gasteiger charge is 2.27. The number of alkyl halides is 3. The first kappa shape index (κ1) is 17.9. The minimum atomic E-state index is -4.37. The number of benzene rings is 1. The Labute approximate surface area is 156 Å². The lowest BCUT2D eigenvalue weighted by molar-refractivity contribution is -0.137. The fourth-order valence-electron chi connectivity index (χ4n) is 2.93. The highest BCUT2D eigenvalue weighted by molar-refractivity contribution is 5.90. The molecule has 0 atom stereocenters. The second kappa shape index (κ2) is 6.91. The Hall–Kier alpha value is -3.49. The lowest BCUT2D eigenvalue weighted by Gasteiger charge is -2.09. The van der Waals surface area contributed by atoms with Gasteiger partial charge in [0, 0.05) is 24.0 Å². The van der Waals surface area contributed by atoms with E-state index in [1.165, 1.54) is 12.1 Å². The van der Waals surface area contributed by atoms with Gasteiger partial charge in [-0.15, -0.1) is 0 Å². The zero-order valence-electron chi connectivity index (χ0n) is 14.5. The molecule has 0 aliphatic heterocycles. The van der Waals surface area contributed by atoms with E-state index in [1.54, 1.807) is 23.1 Å². The van der Waals surface area contributed by atoms with Crippen LogP contribution in [0.1, 0.15) is 6.42 Å². The van der Waals surface area contributed by atoms with Crippen molar-refractivity contribution in [3.05, 3.63) is 71.4 Å². The molecule has 0 saturated heterocycles. The Morgan fingerprint density at radius 3 is 2.54 bits per heavy atom. The molecule has 0 N–H and O–H groups in total. The number of aromatic nitrogens is 5. The number of aryl methyl sites for hydroxylation is 1. The normalized spacial score (nSPS) is 11.8. The lowest BCUT2D eigenvalue weighted by atomic mass is 10.0. The first-order valence-corrected chi connectivity index (χ1v) is 8.45. The molecule has 4 aromatic rings. The fraction of sp³-hybridized carbons (Fsp3) is 0.158. The van der Waals surface area contributed by atoms with Crippen LogP contribution in [-0.4, -0.2) is 30.6 Å². The van der Waals surface area contributed by atoms with Gasteiger partial charge >= 0.3 is 6.18 Å². The monoisotopic (exact) mass is 385 g/mol. The minimum absolute atomic E-state index is 0.351. The molecule has 0 saturated carbocycles. The number of nitrogens with zero attached hydrogens (tertiary/aromatic N) is 5. The van der Waals surface area contributed by atoms with E-state index in [-0.39, 0.29) is 0 Å². The molecule has 0 radical (unpaired) electrons. The molecule has 142 valence electrons. The van der Waals surface area contributed by atoms with Crippen LogP contribution in [0, 0.1) is 0 Å². The van der Waals surface area contributed by atoms with Crippen molar-refractivity contribution in [1.29, 1.82) is 0 Å². The predicted octanol–water partition coefficient (Wildman–Crippen LogP) is 3.57. The van der Waals surface area contributed by atoms with Gasteiger partial charge in [-0.3, -0.25) is 9.78 Å². The zero-order chi connectivity index (χ0) is 19.7. The van der Waals surface area contributed by atoms with Gasteiger partial charge < -0.3 is 0 Å². The third kappa shape index (κ3) is 3.51. The Kier molecular flexibility index (Phi) is 4.42. The van der Waals surface area contributed by atoms with Gasteiger partial charge in [-0.1, -0.05) is 30.3 Å². The molecule has 28 heavy (non-hydrogen) atoms. The third-order valence-electron chi connectivity index (χ3n) is 4.22. The van der Waals surface area contributed by atoms with Crippen molar-refractivity contribution in [2.24, 2.45) is 0 Å². The van der Waals surface area contributed by atoms with Crippen molar-refractivity contribution in [2.45, 2.75) is 19.1 Å². The van der Waals surface area contributed by atoms with Gasteiger partial charge in [0.2, 0.25) is 0 Å².